The van der Waals surface area contributed by atoms with Crippen molar-refractivity contribution in [3.63, 3.8) is 0 Å². The maximum absolute atomic E-state index is 6.03. The Kier molecular flexibility index (Phi) is 4.42. The van der Waals surface area contributed by atoms with E-state index in [1.807, 2.05) is 6.07 Å². The van der Waals surface area contributed by atoms with Gasteiger partial charge in [0.15, 0.2) is 0 Å². The lowest BCUT2D eigenvalue weighted by Crippen LogP contribution is -2.64. The molecule has 0 bridgehead atoms. The van der Waals surface area contributed by atoms with Crippen LogP contribution in [0.3, 0.4) is 0 Å². The summed E-state index contributed by atoms with van der Waals surface area (Å²) in [6, 6.07) is 4.89. The number of nitrogens with one attached hydrogen (secondary N) is 1. The van der Waals surface area contributed by atoms with Gasteiger partial charge in [-0.25, -0.2) is 0 Å². The van der Waals surface area contributed by atoms with Crippen molar-refractivity contribution in [2.75, 3.05) is 19.6 Å². The van der Waals surface area contributed by atoms with Crippen LogP contribution in [0.2, 0.25) is 4.34 Å². The molecule has 2 nitrogen and oxygen atoms in total. The Morgan fingerprint density at radius 2 is 2.25 bits per heavy atom. The Morgan fingerprint density at radius 1 is 1.45 bits per heavy atom. The third kappa shape index (κ3) is 3.22. The molecule has 2 heterocycles. The number of halogens is 1. The molecule has 2 atom stereocenters. The summed E-state index contributed by atoms with van der Waals surface area (Å²) in [5.41, 5.74) is 0.346. The van der Waals surface area contributed by atoms with E-state index in [-0.39, 0.29) is 0 Å². The van der Waals surface area contributed by atoms with E-state index in [0.29, 0.717) is 11.6 Å². The highest BCUT2D eigenvalue weighted by Gasteiger charge is 2.45. The smallest absolute Gasteiger partial charge is 0.0931 e. The maximum Gasteiger partial charge on any atom is 0.0931 e. The lowest BCUT2D eigenvalue weighted by molar-refractivity contribution is 0.0741. The average molecular weight is 313 g/mol. The second kappa shape index (κ2) is 5.96. The quantitative estimate of drug-likeness (QED) is 0.889. The van der Waals surface area contributed by atoms with Crippen LogP contribution in [0.5, 0.6) is 0 Å². The molecule has 0 radical (unpaired) electrons. The van der Waals surface area contributed by atoms with Crippen LogP contribution in [-0.4, -0.2) is 36.1 Å². The summed E-state index contributed by atoms with van der Waals surface area (Å²) in [6.45, 7) is 8.25. The van der Waals surface area contributed by atoms with Gasteiger partial charge in [0.25, 0.3) is 0 Å². The van der Waals surface area contributed by atoms with Crippen LogP contribution in [-0.2, 0) is 6.42 Å². The zero-order chi connectivity index (χ0) is 14.2. The molecule has 1 aliphatic heterocycles. The van der Waals surface area contributed by atoms with Crippen molar-refractivity contribution in [2.45, 2.75) is 51.1 Å². The molecule has 1 aromatic rings. The lowest BCUT2D eigenvalue weighted by Gasteiger charge is -2.46. The van der Waals surface area contributed by atoms with Gasteiger partial charge >= 0.3 is 0 Å². The Bertz CT molecular complexity index is 457. The standard InChI is InChI=1S/C16H25ClN2S/c1-3-13-10-18-16(2,12-4-5-12)11-19(13)9-8-14-6-7-15(17)20-14/h6-7,12-13,18H,3-5,8-11H2,1-2H3. The SMILES string of the molecule is CCC1CNC(C)(C2CC2)CN1CCc1ccc(Cl)s1. The van der Waals surface area contributed by atoms with E-state index >= 15 is 0 Å². The summed E-state index contributed by atoms with van der Waals surface area (Å²) in [5.74, 6) is 0.902. The van der Waals surface area contributed by atoms with Crippen LogP contribution < -0.4 is 5.32 Å². The molecule has 20 heavy (non-hydrogen) atoms. The topological polar surface area (TPSA) is 15.3 Å². The third-order valence-corrected chi connectivity index (χ3v) is 6.30. The molecular weight excluding hydrogens is 288 g/mol. The van der Waals surface area contributed by atoms with Crippen molar-refractivity contribution < 1.29 is 0 Å². The number of hydrogen-bond donors (Lipinski definition) is 1. The van der Waals surface area contributed by atoms with E-state index in [2.05, 4.69) is 30.1 Å². The number of piperazine rings is 1. The summed E-state index contributed by atoms with van der Waals surface area (Å²) in [7, 11) is 0. The van der Waals surface area contributed by atoms with Gasteiger partial charge in [-0.1, -0.05) is 18.5 Å². The monoisotopic (exact) mass is 312 g/mol. The van der Waals surface area contributed by atoms with Crippen molar-refractivity contribution in [3.05, 3.63) is 21.3 Å². The molecule has 2 unspecified atom stereocenters. The summed E-state index contributed by atoms with van der Waals surface area (Å²) >= 11 is 7.75. The van der Waals surface area contributed by atoms with Crippen molar-refractivity contribution in [1.29, 1.82) is 0 Å². The van der Waals surface area contributed by atoms with Crippen LogP contribution in [0.4, 0.5) is 0 Å². The van der Waals surface area contributed by atoms with Gasteiger partial charge in [-0.05, 0) is 50.7 Å². The van der Waals surface area contributed by atoms with Gasteiger partial charge in [0.2, 0.25) is 0 Å². The van der Waals surface area contributed by atoms with E-state index in [1.165, 1.54) is 37.2 Å². The lowest BCUT2D eigenvalue weighted by atomic mass is 9.90. The summed E-state index contributed by atoms with van der Waals surface area (Å²) in [6.07, 6.45) is 5.19. The van der Waals surface area contributed by atoms with Crippen LogP contribution in [0.1, 0.15) is 38.0 Å². The van der Waals surface area contributed by atoms with E-state index in [0.717, 1.165) is 23.2 Å². The highest BCUT2D eigenvalue weighted by Crippen LogP contribution is 2.41. The first-order chi connectivity index (χ1) is 9.60. The Hall–Kier alpha value is -0.0900. The fourth-order valence-electron chi connectivity index (χ4n) is 3.48. The van der Waals surface area contributed by atoms with Gasteiger partial charge < -0.3 is 5.32 Å². The first kappa shape index (κ1) is 14.8. The van der Waals surface area contributed by atoms with E-state index in [1.54, 1.807) is 11.3 Å². The predicted octanol–water partition coefficient (Wildman–Crippen LogP) is 3.80. The van der Waals surface area contributed by atoms with Crippen LogP contribution in [0, 0.1) is 5.92 Å². The van der Waals surface area contributed by atoms with Crippen LogP contribution in [0.25, 0.3) is 0 Å². The Morgan fingerprint density at radius 3 is 2.85 bits per heavy atom. The number of rotatable bonds is 5. The summed E-state index contributed by atoms with van der Waals surface area (Å²) in [5, 5.41) is 3.83. The van der Waals surface area contributed by atoms with Crippen LogP contribution >= 0.6 is 22.9 Å². The van der Waals surface area contributed by atoms with Crippen molar-refractivity contribution in [3.8, 4) is 0 Å². The molecule has 112 valence electrons. The molecule has 1 aromatic heterocycles. The molecule has 1 N–H and O–H groups in total. The van der Waals surface area contributed by atoms with Gasteiger partial charge in [-0.2, -0.15) is 0 Å². The highest BCUT2D eigenvalue weighted by molar-refractivity contribution is 7.16. The molecular formula is C16H25ClN2S. The third-order valence-electron chi connectivity index (χ3n) is 5.01. The molecule has 1 saturated carbocycles. The highest BCUT2D eigenvalue weighted by atomic mass is 35.5. The van der Waals surface area contributed by atoms with Gasteiger partial charge in [0, 0.05) is 36.1 Å². The first-order valence-corrected chi connectivity index (χ1v) is 9.03. The molecule has 0 spiro atoms. The molecule has 2 fully saturated rings. The van der Waals surface area contributed by atoms with Crippen molar-refractivity contribution in [2.24, 2.45) is 5.92 Å². The molecule has 2 aliphatic rings. The van der Waals surface area contributed by atoms with E-state index in [4.69, 9.17) is 11.6 Å². The fraction of sp³-hybridized carbons (Fsp3) is 0.750. The van der Waals surface area contributed by atoms with Gasteiger partial charge in [0.1, 0.15) is 0 Å². The predicted molar refractivity (Wildman–Crippen MR) is 87.8 cm³/mol. The molecule has 0 aromatic carbocycles. The molecule has 4 heteroatoms. The van der Waals surface area contributed by atoms with E-state index in [9.17, 15) is 0 Å². The zero-order valence-electron chi connectivity index (χ0n) is 12.5. The molecule has 3 rings (SSSR count). The molecule has 1 saturated heterocycles. The minimum atomic E-state index is 0.346. The van der Waals surface area contributed by atoms with Crippen molar-refractivity contribution >= 4 is 22.9 Å². The van der Waals surface area contributed by atoms with Gasteiger partial charge in [-0.15, -0.1) is 11.3 Å². The Balaban J connectivity index is 1.61. The van der Waals surface area contributed by atoms with Gasteiger partial charge in [0.05, 0.1) is 4.34 Å². The number of hydrogen-bond acceptors (Lipinski definition) is 3. The van der Waals surface area contributed by atoms with Crippen molar-refractivity contribution in [1.82, 2.24) is 10.2 Å². The molecule has 0 amide bonds. The average Bonchev–Trinajstić information content (AvgIpc) is 3.21. The summed E-state index contributed by atoms with van der Waals surface area (Å²) in [4.78, 5) is 4.12. The minimum Gasteiger partial charge on any atom is -0.308 e. The zero-order valence-corrected chi connectivity index (χ0v) is 14.1. The molecule has 1 aliphatic carbocycles. The fourth-order valence-corrected chi connectivity index (χ4v) is 4.56. The number of nitrogens with zero attached hydrogens (tertiary/aromatic N) is 1. The second-order valence-corrected chi connectivity index (χ2v) is 8.36. The van der Waals surface area contributed by atoms with E-state index < -0.39 is 0 Å². The summed E-state index contributed by atoms with van der Waals surface area (Å²) < 4.78 is 0.912. The van der Waals surface area contributed by atoms with Crippen LogP contribution in [0.15, 0.2) is 12.1 Å². The minimum absolute atomic E-state index is 0.346. The first-order valence-electron chi connectivity index (χ1n) is 7.84. The number of thiophene rings is 1. The normalized spacial score (nSPS) is 31.6. The van der Waals surface area contributed by atoms with Gasteiger partial charge in [-0.3, -0.25) is 4.90 Å². The largest absolute Gasteiger partial charge is 0.308 e. The maximum atomic E-state index is 6.03. The second-order valence-electron chi connectivity index (χ2n) is 6.56. The Labute approximate surface area is 131 Å².